The van der Waals surface area contributed by atoms with Crippen molar-refractivity contribution in [1.82, 2.24) is 0 Å². The maximum atomic E-state index is 3.63. The first kappa shape index (κ1) is 13.5. The second-order valence-corrected chi connectivity index (χ2v) is 5.69. The molecule has 1 aliphatic carbocycles. The second-order valence-electron chi connectivity index (χ2n) is 5.69. The molecule has 0 unspecified atom stereocenters. The van der Waals surface area contributed by atoms with Gasteiger partial charge in [-0.3, -0.25) is 0 Å². The van der Waals surface area contributed by atoms with Crippen LogP contribution < -0.4 is 5.32 Å². The molecule has 1 aromatic carbocycles. The fraction of sp³-hybridized carbons (Fsp3) is 0.647. The molecule has 0 amide bonds. The van der Waals surface area contributed by atoms with Crippen LogP contribution in [0.25, 0.3) is 0 Å². The van der Waals surface area contributed by atoms with Gasteiger partial charge in [-0.25, -0.2) is 0 Å². The highest BCUT2D eigenvalue weighted by molar-refractivity contribution is 5.45. The van der Waals surface area contributed by atoms with Crippen LogP contribution in [0.4, 0.5) is 5.69 Å². The topological polar surface area (TPSA) is 12.0 Å². The number of unbranched alkanes of at least 4 members (excludes halogenated alkanes) is 1. The van der Waals surface area contributed by atoms with Crippen LogP contribution >= 0.6 is 0 Å². The van der Waals surface area contributed by atoms with Crippen LogP contribution in [0.1, 0.15) is 57.4 Å². The molecule has 0 aromatic heterocycles. The maximum Gasteiger partial charge on any atom is 0.0343 e. The molecule has 0 saturated heterocycles. The van der Waals surface area contributed by atoms with Crippen molar-refractivity contribution in [3.05, 3.63) is 29.8 Å². The summed E-state index contributed by atoms with van der Waals surface area (Å²) in [6, 6.07) is 8.98. The zero-order valence-corrected chi connectivity index (χ0v) is 11.8. The van der Waals surface area contributed by atoms with E-state index < -0.39 is 0 Å². The van der Waals surface area contributed by atoms with E-state index in [1.165, 1.54) is 62.6 Å². The molecule has 18 heavy (non-hydrogen) atoms. The Morgan fingerprint density at radius 2 is 2.00 bits per heavy atom. The van der Waals surface area contributed by atoms with E-state index in [4.69, 9.17) is 0 Å². The van der Waals surface area contributed by atoms with E-state index in [1.54, 1.807) is 0 Å². The van der Waals surface area contributed by atoms with E-state index in [0.29, 0.717) is 0 Å². The highest BCUT2D eigenvalue weighted by Gasteiger charge is 2.12. The third-order valence-electron chi connectivity index (χ3n) is 4.07. The number of hydrogen-bond donors (Lipinski definition) is 1. The van der Waals surface area contributed by atoms with Gasteiger partial charge in [0.2, 0.25) is 0 Å². The first-order valence-corrected chi connectivity index (χ1v) is 7.71. The van der Waals surface area contributed by atoms with Gasteiger partial charge in [0.15, 0.2) is 0 Å². The lowest BCUT2D eigenvalue weighted by molar-refractivity contribution is 0.373. The Morgan fingerprint density at radius 1 is 1.17 bits per heavy atom. The lowest BCUT2D eigenvalue weighted by atomic mass is 9.89. The quantitative estimate of drug-likeness (QED) is 0.742. The molecule has 1 heteroatoms. The number of aryl methyl sites for hydroxylation is 1. The molecule has 100 valence electrons. The molecular weight excluding hydrogens is 218 g/mol. The fourth-order valence-corrected chi connectivity index (χ4v) is 2.87. The predicted molar refractivity (Wildman–Crippen MR) is 80.1 cm³/mol. The van der Waals surface area contributed by atoms with Crippen molar-refractivity contribution >= 4 is 5.69 Å². The van der Waals surface area contributed by atoms with Crippen molar-refractivity contribution in [3.63, 3.8) is 0 Å². The molecule has 0 atom stereocenters. The summed E-state index contributed by atoms with van der Waals surface area (Å²) >= 11 is 0. The lowest BCUT2D eigenvalue weighted by Gasteiger charge is -2.22. The van der Waals surface area contributed by atoms with Gasteiger partial charge in [-0.05, 0) is 49.3 Å². The number of anilines is 1. The Labute approximate surface area is 112 Å². The van der Waals surface area contributed by atoms with Crippen LogP contribution in [0.15, 0.2) is 24.3 Å². The van der Waals surface area contributed by atoms with Gasteiger partial charge in [0.1, 0.15) is 0 Å². The summed E-state index contributed by atoms with van der Waals surface area (Å²) in [5.74, 6) is 0.901. The van der Waals surface area contributed by atoms with Crippen LogP contribution in [-0.4, -0.2) is 6.54 Å². The standard InChI is InChI=1S/C17H27N/c1-2-3-8-15-11-7-12-17(13-15)18-14-16-9-5-4-6-10-16/h7,11-13,16,18H,2-6,8-10,14H2,1H3. The van der Waals surface area contributed by atoms with Crippen molar-refractivity contribution in [1.29, 1.82) is 0 Å². The molecular formula is C17H27N. The number of nitrogens with one attached hydrogen (secondary N) is 1. The van der Waals surface area contributed by atoms with Gasteiger partial charge in [0.05, 0.1) is 0 Å². The highest BCUT2D eigenvalue weighted by atomic mass is 14.9. The van der Waals surface area contributed by atoms with Gasteiger partial charge in [0.25, 0.3) is 0 Å². The molecule has 0 spiro atoms. The SMILES string of the molecule is CCCCc1cccc(NCC2CCCCC2)c1. The van der Waals surface area contributed by atoms with Crippen molar-refractivity contribution in [3.8, 4) is 0 Å². The molecule has 1 fully saturated rings. The Kier molecular flexibility index (Phi) is 5.57. The Hall–Kier alpha value is -0.980. The smallest absolute Gasteiger partial charge is 0.0343 e. The summed E-state index contributed by atoms with van der Waals surface area (Å²) in [6.45, 7) is 3.42. The van der Waals surface area contributed by atoms with Gasteiger partial charge in [-0.15, -0.1) is 0 Å². The van der Waals surface area contributed by atoms with Crippen LogP contribution in [0, 0.1) is 5.92 Å². The Bertz CT molecular complexity index is 339. The van der Waals surface area contributed by atoms with Crippen LogP contribution in [0.2, 0.25) is 0 Å². The normalized spacial score (nSPS) is 16.7. The minimum Gasteiger partial charge on any atom is -0.385 e. The number of benzene rings is 1. The van der Waals surface area contributed by atoms with Gasteiger partial charge >= 0.3 is 0 Å². The molecule has 1 saturated carbocycles. The van der Waals surface area contributed by atoms with Crippen molar-refractivity contribution in [2.45, 2.75) is 58.3 Å². The zero-order chi connectivity index (χ0) is 12.6. The van der Waals surface area contributed by atoms with Crippen molar-refractivity contribution < 1.29 is 0 Å². The third kappa shape index (κ3) is 4.36. The summed E-state index contributed by atoms with van der Waals surface area (Å²) in [5, 5.41) is 3.63. The summed E-state index contributed by atoms with van der Waals surface area (Å²) in [6.07, 6.45) is 10.9. The number of hydrogen-bond acceptors (Lipinski definition) is 1. The molecule has 0 radical (unpaired) electrons. The summed E-state index contributed by atoms with van der Waals surface area (Å²) in [4.78, 5) is 0. The highest BCUT2D eigenvalue weighted by Crippen LogP contribution is 2.24. The maximum absolute atomic E-state index is 3.63. The van der Waals surface area contributed by atoms with E-state index in [2.05, 4.69) is 36.5 Å². The van der Waals surface area contributed by atoms with Crippen LogP contribution in [-0.2, 0) is 6.42 Å². The van der Waals surface area contributed by atoms with Gasteiger partial charge in [-0.2, -0.15) is 0 Å². The average Bonchev–Trinajstić information content (AvgIpc) is 2.44. The second kappa shape index (κ2) is 7.45. The summed E-state index contributed by atoms with van der Waals surface area (Å²) < 4.78 is 0. The van der Waals surface area contributed by atoms with Gasteiger partial charge in [0, 0.05) is 12.2 Å². The average molecular weight is 245 g/mol. The minimum absolute atomic E-state index is 0.901. The fourth-order valence-electron chi connectivity index (χ4n) is 2.87. The monoisotopic (exact) mass is 245 g/mol. The van der Waals surface area contributed by atoms with E-state index in [9.17, 15) is 0 Å². The van der Waals surface area contributed by atoms with Crippen LogP contribution in [0.3, 0.4) is 0 Å². The first-order valence-electron chi connectivity index (χ1n) is 7.71. The Balaban J connectivity index is 1.80. The lowest BCUT2D eigenvalue weighted by Crippen LogP contribution is -2.17. The predicted octanol–water partition coefficient (Wildman–Crippen LogP) is 5.02. The summed E-state index contributed by atoms with van der Waals surface area (Å²) in [7, 11) is 0. The first-order chi connectivity index (χ1) is 8.88. The van der Waals surface area contributed by atoms with E-state index in [0.717, 1.165) is 12.5 Å². The molecule has 1 nitrogen and oxygen atoms in total. The van der Waals surface area contributed by atoms with Crippen LogP contribution in [0.5, 0.6) is 0 Å². The third-order valence-corrected chi connectivity index (χ3v) is 4.07. The van der Waals surface area contributed by atoms with E-state index >= 15 is 0 Å². The summed E-state index contributed by atoms with van der Waals surface area (Å²) in [5.41, 5.74) is 2.79. The number of rotatable bonds is 6. The van der Waals surface area contributed by atoms with Crippen molar-refractivity contribution in [2.24, 2.45) is 5.92 Å². The molecule has 0 heterocycles. The zero-order valence-electron chi connectivity index (χ0n) is 11.8. The minimum atomic E-state index is 0.901. The molecule has 0 bridgehead atoms. The van der Waals surface area contributed by atoms with E-state index in [1.807, 2.05) is 0 Å². The van der Waals surface area contributed by atoms with Gasteiger partial charge < -0.3 is 5.32 Å². The molecule has 1 aromatic rings. The molecule has 1 N–H and O–H groups in total. The largest absolute Gasteiger partial charge is 0.385 e. The molecule has 1 aliphatic rings. The molecule has 2 rings (SSSR count). The Morgan fingerprint density at radius 3 is 2.78 bits per heavy atom. The van der Waals surface area contributed by atoms with Gasteiger partial charge in [-0.1, -0.05) is 44.7 Å². The van der Waals surface area contributed by atoms with E-state index in [-0.39, 0.29) is 0 Å². The van der Waals surface area contributed by atoms with Crippen molar-refractivity contribution in [2.75, 3.05) is 11.9 Å². The molecule has 0 aliphatic heterocycles.